The van der Waals surface area contributed by atoms with Crippen LogP contribution in [0.5, 0.6) is 0 Å². The van der Waals surface area contributed by atoms with Crippen LogP contribution in [0, 0.1) is 5.82 Å². The lowest BCUT2D eigenvalue weighted by atomic mass is 10.2. The number of aliphatic imine (C=N–C) groups is 1. The van der Waals surface area contributed by atoms with Crippen LogP contribution in [0.1, 0.15) is 5.56 Å². The molecule has 0 fully saturated rings. The van der Waals surface area contributed by atoms with Crippen molar-refractivity contribution in [1.82, 2.24) is 0 Å². The zero-order chi connectivity index (χ0) is 8.10. The summed E-state index contributed by atoms with van der Waals surface area (Å²) in [5.74, 6) is -0.241. The smallest absolute Gasteiger partial charge is 0.123 e. The fourth-order valence-electron chi connectivity index (χ4n) is 0.707. The Balaban J connectivity index is 2.73. The molecule has 0 amide bonds. The standard InChI is InChI=1S/C8H9FN2/c9-8-3-1-7(2-4-8)5-11-6-10/h1-5H,6,10H2. The Morgan fingerprint density at radius 1 is 1.36 bits per heavy atom. The summed E-state index contributed by atoms with van der Waals surface area (Å²) in [5.41, 5.74) is 5.99. The van der Waals surface area contributed by atoms with Crippen molar-refractivity contribution in [1.29, 1.82) is 0 Å². The molecule has 0 unspecified atom stereocenters. The molecule has 0 atom stereocenters. The highest BCUT2D eigenvalue weighted by Gasteiger charge is 1.87. The molecule has 0 aliphatic rings. The largest absolute Gasteiger partial charge is 0.312 e. The van der Waals surface area contributed by atoms with Gasteiger partial charge in [0.2, 0.25) is 0 Å². The number of nitrogens with zero attached hydrogens (tertiary/aromatic N) is 1. The van der Waals surface area contributed by atoms with Crippen molar-refractivity contribution in [2.24, 2.45) is 10.7 Å². The van der Waals surface area contributed by atoms with Gasteiger partial charge in [0.1, 0.15) is 5.82 Å². The SMILES string of the molecule is NCN=Cc1ccc(F)cc1. The maximum atomic E-state index is 12.3. The second-order valence-corrected chi connectivity index (χ2v) is 2.05. The summed E-state index contributed by atoms with van der Waals surface area (Å²) in [5, 5.41) is 0. The van der Waals surface area contributed by atoms with E-state index in [4.69, 9.17) is 5.73 Å². The van der Waals surface area contributed by atoms with Crippen molar-refractivity contribution in [2.75, 3.05) is 6.67 Å². The molecular formula is C8H9FN2. The van der Waals surface area contributed by atoms with Gasteiger partial charge in [-0.25, -0.2) is 4.39 Å². The highest BCUT2D eigenvalue weighted by molar-refractivity contribution is 5.79. The normalized spacial score (nSPS) is 10.7. The molecule has 1 rings (SSSR count). The van der Waals surface area contributed by atoms with Gasteiger partial charge in [-0.2, -0.15) is 0 Å². The molecule has 0 spiro atoms. The van der Waals surface area contributed by atoms with Crippen molar-refractivity contribution in [3.05, 3.63) is 35.6 Å². The van der Waals surface area contributed by atoms with Crippen LogP contribution in [0.15, 0.2) is 29.3 Å². The molecule has 1 aromatic carbocycles. The second kappa shape index (κ2) is 3.83. The number of rotatable bonds is 2. The molecule has 0 saturated heterocycles. The van der Waals surface area contributed by atoms with Crippen LogP contribution in [-0.4, -0.2) is 12.9 Å². The fraction of sp³-hybridized carbons (Fsp3) is 0.125. The van der Waals surface area contributed by atoms with Gasteiger partial charge in [0, 0.05) is 6.21 Å². The molecule has 11 heavy (non-hydrogen) atoms. The number of nitrogens with two attached hydrogens (primary N) is 1. The fourth-order valence-corrected chi connectivity index (χ4v) is 0.707. The highest BCUT2D eigenvalue weighted by Crippen LogP contribution is 1.99. The molecule has 58 valence electrons. The molecule has 3 heteroatoms. The van der Waals surface area contributed by atoms with Gasteiger partial charge in [-0.1, -0.05) is 12.1 Å². The molecular weight excluding hydrogens is 143 g/mol. The van der Waals surface area contributed by atoms with Crippen LogP contribution in [0.25, 0.3) is 0 Å². The maximum absolute atomic E-state index is 12.3. The number of hydrogen-bond acceptors (Lipinski definition) is 2. The molecule has 1 aromatic rings. The van der Waals surface area contributed by atoms with E-state index in [0.29, 0.717) is 0 Å². The van der Waals surface area contributed by atoms with Crippen molar-refractivity contribution < 1.29 is 4.39 Å². The third kappa shape index (κ3) is 2.47. The first-order valence-electron chi connectivity index (χ1n) is 3.28. The van der Waals surface area contributed by atoms with E-state index < -0.39 is 0 Å². The van der Waals surface area contributed by atoms with E-state index >= 15 is 0 Å². The summed E-state index contributed by atoms with van der Waals surface area (Å²) >= 11 is 0. The molecule has 0 aliphatic heterocycles. The van der Waals surface area contributed by atoms with Gasteiger partial charge in [0.15, 0.2) is 0 Å². The number of hydrogen-bond donors (Lipinski definition) is 1. The van der Waals surface area contributed by atoms with Crippen LogP contribution >= 0.6 is 0 Å². The summed E-state index contributed by atoms with van der Waals surface area (Å²) < 4.78 is 12.3. The molecule has 0 aliphatic carbocycles. The summed E-state index contributed by atoms with van der Waals surface area (Å²) in [6.45, 7) is 0.261. The molecule has 2 N–H and O–H groups in total. The third-order valence-electron chi connectivity index (χ3n) is 1.22. The summed E-state index contributed by atoms with van der Waals surface area (Å²) in [7, 11) is 0. The van der Waals surface area contributed by atoms with Gasteiger partial charge in [0.25, 0.3) is 0 Å². The second-order valence-electron chi connectivity index (χ2n) is 2.05. The first-order valence-corrected chi connectivity index (χ1v) is 3.28. The lowest BCUT2D eigenvalue weighted by Crippen LogP contribution is -1.94. The third-order valence-corrected chi connectivity index (χ3v) is 1.22. The minimum atomic E-state index is -0.241. The number of halogens is 1. The molecule has 0 bridgehead atoms. The predicted molar refractivity (Wildman–Crippen MR) is 43.0 cm³/mol. The van der Waals surface area contributed by atoms with E-state index in [9.17, 15) is 4.39 Å². The Morgan fingerprint density at radius 2 is 2.00 bits per heavy atom. The first kappa shape index (κ1) is 7.88. The van der Waals surface area contributed by atoms with Crippen molar-refractivity contribution in [3.8, 4) is 0 Å². The van der Waals surface area contributed by atoms with Gasteiger partial charge >= 0.3 is 0 Å². The average molecular weight is 152 g/mol. The molecule has 2 nitrogen and oxygen atoms in total. The van der Waals surface area contributed by atoms with E-state index in [2.05, 4.69) is 4.99 Å². The predicted octanol–water partition coefficient (Wildman–Crippen LogP) is 1.16. The Morgan fingerprint density at radius 3 is 2.55 bits per heavy atom. The zero-order valence-corrected chi connectivity index (χ0v) is 6.00. The Labute approximate surface area is 64.6 Å². The molecule has 0 heterocycles. The Kier molecular flexibility index (Phi) is 2.74. The minimum Gasteiger partial charge on any atom is -0.312 e. The molecule has 0 radical (unpaired) electrons. The zero-order valence-electron chi connectivity index (χ0n) is 6.00. The molecule has 0 aromatic heterocycles. The van der Waals surface area contributed by atoms with E-state index in [1.807, 2.05) is 0 Å². The Bertz CT molecular complexity index is 241. The van der Waals surface area contributed by atoms with Crippen molar-refractivity contribution in [3.63, 3.8) is 0 Å². The lowest BCUT2D eigenvalue weighted by Gasteiger charge is -1.90. The van der Waals surface area contributed by atoms with Crippen LogP contribution in [-0.2, 0) is 0 Å². The van der Waals surface area contributed by atoms with Crippen LogP contribution in [0.2, 0.25) is 0 Å². The Hall–Kier alpha value is -1.22. The monoisotopic (exact) mass is 152 g/mol. The molecule has 0 saturated carbocycles. The van der Waals surface area contributed by atoms with Crippen LogP contribution in [0.4, 0.5) is 4.39 Å². The highest BCUT2D eigenvalue weighted by atomic mass is 19.1. The van der Waals surface area contributed by atoms with E-state index in [1.165, 1.54) is 12.1 Å². The number of benzene rings is 1. The summed E-state index contributed by atoms with van der Waals surface area (Å²) in [4.78, 5) is 3.80. The van der Waals surface area contributed by atoms with Gasteiger partial charge in [0.05, 0.1) is 6.67 Å². The van der Waals surface area contributed by atoms with Gasteiger partial charge in [-0.05, 0) is 17.7 Å². The summed E-state index contributed by atoms with van der Waals surface area (Å²) in [6.07, 6.45) is 1.61. The van der Waals surface area contributed by atoms with Crippen LogP contribution in [0.3, 0.4) is 0 Å². The quantitative estimate of drug-likeness (QED) is 0.634. The minimum absolute atomic E-state index is 0.241. The van der Waals surface area contributed by atoms with Crippen molar-refractivity contribution >= 4 is 6.21 Å². The van der Waals surface area contributed by atoms with E-state index in [-0.39, 0.29) is 12.5 Å². The van der Waals surface area contributed by atoms with E-state index in [1.54, 1.807) is 18.3 Å². The van der Waals surface area contributed by atoms with Gasteiger partial charge < -0.3 is 5.73 Å². The van der Waals surface area contributed by atoms with E-state index in [0.717, 1.165) is 5.56 Å². The van der Waals surface area contributed by atoms with Crippen molar-refractivity contribution in [2.45, 2.75) is 0 Å². The van der Waals surface area contributed by atoms with Gasteiger partial charge in [-0.3, -0.25) is 4.99 Å². The maximum Gasteiger partial charge on any atom is 0.123 e. The summed E-state index contributed by atoms with van der Waals surface area (Å²) in [6, 6.07) is 6.07. The van der Waals surface area contributed by atoms with Gasteiger partial charge in [-0.15, -0.1) is 0 Å². The average Bonchev–Trinajstić information content (AvgIpc) is 2.04. The lowest BCUT2D eigenvalue weighted by molar-refractivity contribution is 0.628. The first-order chi connectivity index (χ1) is 5.33. The topological polar surface area (TPSA) is 38.4 Å². The van der Waals surface area contributed by atoms with Crippen LogP contribution < -0.4 is 5.73 Å².